The summed E-state index contributed by atoms with van der Waals surface area (Å²) in [5.41, 5.74) is -2.06. The van der Waals surface area contributed by atoms with Crippen molar-refractivity contribution in [3.8, 4) is 5.88 Å². The fourth-order valence-electron chi connectivity index (χ4n) is 4.85. The number of aliphatic imine (C=N–C) groups is 1. The van der Waals surface area contributed by atoms with E-state index in [-0.39, 0.29) is 49.2 Å². The number of fused-ring (bicyclic) bond motifs is 1. The van der Waals surface area contributed by atoms with Crippen LogP contribution in [0.1, 0.15) is 55.1 Å². The Morgan fingerprint density at radius 2 is 1.79 bits per heavy atom. The van der Waals surface area contributed by atoms with Gasteiger partial charge < -0.3 is 19.7 Å². The van der Waals surface area contributed by atoms with Crippen LogP contribution in [0.5, 0.6) is 5.88 Å². The topological polar surface area (TPSA) is 79.3 Å². The van der Waals surface area contributed by atoms with Gasteiger partial charge in [-0.05, 0) is 72.2 Å². The van der Waals surface area contributed by atoms with Gasteiger partial charge in [-0.15, -0.1) is 0 Å². The average Bonchev–Trinajstić information content (AvgIpc) is 2.92. The number of hydrogen-bond acceptors (Lipinski definition) is 5. The molecule has 0 fully saturated rings. The fraction of sp³-hybridized carbons (Fsp3) is 0.444. The minimum absolute atomic E-state index is 0.106. The Hall–Kier alpha value is -3.24. The van der Waals surface area contributed by atoms with Crippen LogP contribution in [0.4, 0.5) is 36.8 Å². The molecule has 4 rings (SSSR count). The molecular formula is C27H28F6IN5O3. The van der Waals surface area contributed by atoms with E-state index in [2.05, 4.69) is 10.3 Å². The van der Waals surface area contributed by atoms with Crippen LogP contribution in [0.25, 0.3) is 0 Å². The van der Waals surface area contributed by atoms with Gasteiger partial charge in [-0.2, -0.15) is 26.3 Å². The minimum atomic E-state index is -4.96. The molecule has 1 amide bonds. The number of nitrogens with one attached hydrogen (secondary N) is 1. The van der Waals surface area contributed by atoms with Crippen LogP contribution in [0.3, 0.4) is 0 Å². The van der Waals surface area contributed by atoms with Crippen molar-refractivity contribution in [3.63, 3.8) is 0 Å². The first-order valence-corrected chi connectivity index (χ1v) is 14.1. The van der Waals surface area contributed by atoms with Gasteiger partial charge in [0.05, 0.1) is 42.8 Å². The Bertz CT molecular complexity index is 1350. The summed E-state index contributed by atoms with van der Waals surface area (Å²) in [6.07, 6.45) is -7.90. The number of anilines is 1. The third kappa shape index (κ3) is 7.03. The maximum Gasteiger partial charge on any atom is 0.416 e. The van der Waals surface area contributed by atoms with Gasteiger partial charge in [-0.1, -0.05) is 6.92 Å². The molecule has 42 heavy (non-hydrogen) atoms. The lowest BCUT2D eigenvalue weighted by molar-refractivity contribution is -0.143. The van der Waals surface area contributed by atoms with Gasteiger partial charge in [0, 0.05) is 28.4 Å². The van der Waals surface area contributed by atoms with Crippen LogP contribution in [0.15, 0.2) is 45.1 Å². The SMILES string of the molecule is CCOC(=O)N1c2ccc(OC)nc2[C@@H](N=C2NC=C(I)CN2Cc2cc(C(F)(F)F)cc(C(F)(F)F)c2)C[C@H]1CC. The number of hydrogen-bond donors (Lipinski definition) is 1. The highest BCUT2D eigenvalue weighted by Crippen LogP contribution is 2.41. The van der Waals surface area contributed by atoms with Gasteiger partial charge in [0.25, 0.3) is 0 Å². The highest BCUT2D eigenvalue weighted by atomic mass is 127. The van der Waals surface area contributed by atoms with Crippen molar-refractivity contribution in [2.24, 2.45) is 4.99 Å². The molecule has 0 radical (unpaired) electrons. The average molecular weight is 711 g/mol. The summed E-state index contributed by atoms with van der Waals surface area (Å²) in [5.74, 6) is 0.519. The third-order valence-electron chi connectivity index (χ3n) is 6.76. The van der Waals surface area contributed by atoms with Gasteiger partial charge in [-0.25, -0.2) is 14.8 Å². The number of guanidine groups is 1. The van der Waals surface area contributed by atoms with E-state index in [9.17, 15) is 31.1 Å². The first-order valence-electron chi connectivity index (χ1n) is 13.0. The number of alkyl halides is 6. The molecule has 8 nitrogen and oxygen atoms in total. The van der Waals surface area contributed by atoms with E-state index >= 15 is 0 Å². The van der Waals surface area contributed by atoms with E-state index in [1.165, 1.54) is 12.0 Å². The number of nitrogens with zero attached hydrogens (tertiary/aromatic N) is 4. The zero-order valence-electron chi connectivity index (χ0n) is 22.8. The second kappa shape index (κ2) is 12.6. The van der Waals surface area contributed by atoms with Gasteiger partial charge in [0.2, 0.25) is 5.88 Å². The molecule has 0 aliphatic carbocycles. The number of rotatable bonds is 6. The number of carbonyl (C=O) groups is 1. The molecule has 15 heteroatoms. The fourth-order valence-corrected chi connectivity index (χ4v) is 5.42. The van der Waals surface area contributed by atoms with Crippen LogP contribution in [-0.4, -0.2) is 48.2 Å². The summed E-state index contributed by atoms with van der Waals surface area (Å²) < 4.78 is 92.3. The number of methoxy groups -OCH3 is 1. The molecule has 0 unspecified atom stereocenters. The predicted molar refractivity (Wildman–Crippen MR) is 151 cm³/mol. The second-order valence-electron chi connectivity index (χ2n) is 9.60. The molecule has 1 aromatic heterocycles. The zero-order valence-corrected chi connectivity index (χ0v) is 25.0. The molecule has 2 aliphatic rings. The number of aromatic nitrogens is 1. The Kier molecular flexibility index (Phi) is 9.47. The first-order chi connectivity index (χ1) is 19.7. The largest absolute Gasteiger partial charge is 0.481 e. The van der Waals surface area contributed by atoms with E-state index < -0.39 is 35.6 Å². The summed E-state index contributed by atoms with van der Waals surface area (Å²) >= 11 is 2.03. The summed E-state index contributed by atoms with van der Waals surface area (Å²) in [4.78, 5) is 25.4. The Balaban J connectivity index is 1.76. The molecule has 0 saturated heterocycles. The number of carbonyl (C=O) groups excluding carboxylic acids is 1. The molecule has 2 aliphatic heterocycles. The second-order valence-corrected chi connectivity index (χ2v) is 11.0. The van der Waals surface area contributed by atoms with Crippen LogP contribution in [0.2, 0.25) is 0 Å². The number of ether oxygens (including phenoxy) is 2. The smallest absolute Gasteiger partial charge is 0.416 e. The Morgan fingerprint density at radius 1 is 1.12 bits per heavy atom. The molecule has 2 atom stereocenters. The van der Waals surface area contributed by atoms with Gasteiger partial charge in [0.15, 0.2) is 5.96 Å². The highest BCUT2D eigenvalue weighted by Gasteiger charge is 2.39. The highest BCUT2D eigenvalue weighted by molar-refractivity contribution is 14.1. The van der Waals surface area contributed by atoms with Crippen LogP contribution in [-0.2, 0) is 23.6 Å². The van der Waals surface area contributed by atoms with E-state index in [1.54, 1.807) is 30.2 Å². The molecule has 2 aromatic rings. The van der Waals surface area contributed by atoms with Crippen molar-refractivity contribution in [1.29, 1.82) is 0 Å². The molecule has 1 N–H and O–H groups in total. The van der Waals surface area contributed by atoms with Crippen molar-refractivity contribution < 1.29 is 40.6 Å². The summed E-state index contributed by atoms with van der Waals surface area (Å²) in [6.45, 7) is 3.69. The molecule has 0 saturated carbocycles. The maximum atomic E-state index is 13.5. The van der Waals surface area contributed by atoms with Crippen LogP contribution in [0, 0.1) is 0 Å². The Labute approximate surface area is 251 Å². The standard InChI is InChI=1S/C27H28F6IN5O3/c1-4-19-11-20(23-21(6-7-22(37-23)41-3)39(19)25(40)42-5-2)36-24-35-12-18(34)14-38(24)13-15-8-16(26(28,29)30)10-17(9-15)27(31,32)33/h6-10,12,19-20H,4-5,11,13-14H2,1-3H3,(H,35,36)/t19-,20+/m1/s1. The molecule has 3 heterocycles. The third-order valence-corrected chi connectivity index (χ3v) is 7.41. The molecule has 0 bridgehead atoms. The van der Waals surface area contributed by atoms with Crippen molar-refractivity contribution in [3.05, 3.63) is 62.5 Å². The van der Waals surface area contributed by atoms with E-state index in [4.69, 9.17) is 14.5 Å². The minimum Gasteiger partial charge on any atom is -0.481 e. The van der Waals surface area contributed by atoms with E-state index in [1.807, 2.05) is 29.5 Å². The number of amides is 1. The van der Waals surface area contributed by atoms with Crippen molar-refractivity contribution in [1.82, 2.24) is 15.2 Å². The summed E-state index contributed by atoms with van der Waals surface area (Å²) in [7, 11) is 1.44. The quantitative estimate of drug-likeness (QED) is 0.256. The zero-order chi connectivity index (χ0) is 30.8. The van der Waals surface area contributed by atoms with E-state index in [0.29, 0.717) is 36.4 Å². The first kappa shape index (κ1) is 31.7. The lowest BCUT2D eigenvalue weighted by Gasteiger charge is -2.39. The predicted octanol–water partition coefficient (Wildman–Crippen LogP) is 7.05. The lowest BCUT2D eigenvalue weighted by Crippen LogP contribution is -2.46. The number of halogens is 7. The molecular weight excluding hydrogens is 683 g/mol. The van der Waals surface area contributed by atoms with Crippen molar-refractivity contribution >= 4 is 40.3 Å². The van der Waals surface area contributed by atoms with Crippen LogP contribution >= 0.6 is 22.6 Å². The normalized spacial score (nSPS) is 20.1. The summed E-state index contributed by atoms with van der Waals surface area (Å²) in [6, 6.07) is 3.89. The van der Waals surface area contributed by atoms with Gasteiger partial charge >= 0.3 is 18.4 Å². The number of pyridine rings is 1. The van der Waals surface area contributed by atoms with Gasteiger partial charge in [0.1, 0.15) is 6.04 Å². The summed E-state index contributed by atoms with van der Waals surface area (Å²) in [5, 5.41) is 3.02. The maximum absolute atomic E-state index is 13.5. The number of benzene rings is 1. The molecule has 0 spiro atoms. The molecule has 1 aromatic carbocycles. The Morgan fingerprint density at radius 3 is 2.36 bits per heavy atom. The van der Waals surface area contributed by atoms with E-state index in [0.717, 1.165) is 3.58 Å². The van der Waals surface area contributed by atoms with Crippen molar-refractivity contribution in [2.75, 3.05) is 25.2 Å². The monoisotopic (exact) mass is 711 g/mol. The van der Waals surface area contributed by atoms with Gasteiger partial charge in [-0.3, -0.25) is 4.90 Å². The lowest BCUT2D eigenvalue weighted by atomic mass is 9.94. The molecule has 228 valence electrons. The van der Waals surface area contributed by atoms with Crippen LogP contribution < -0.4 is 15.0 Å². The van der Waals surface area contributed by atoms with Crippen molar-refractivity contribution in [2.45, 2.75) is 57.7 Å².